The quantitative estimate of drug-likeness (QED) is 0.770. The molecule has 1 atom stereocenters. The van der Waals surface area contributed by atoms with E-state index in [2.05, 4.69) is 16.9 Å². The number of amides is 1. The average molecular weight is 287 g/mol. The number of H-pyrrole nitrogens is 2. The summed E-state index contributed by atoms with van der Waals surface area (Å²) in [5.41, 5.74) is 0.114. The van der Waals surface area contributed by atoms with Gasteiger partial charge in [-0.3, -0.25) is 14.4 Å². The number of rotatable bonds is 1. The van der Waals surface area contributed by atoms with Crippen LogP contribution in [0.15, 0.2) is 27.8 Å². The number of aromatic nitrogens is 2. The maximum Gasteiger partial charge on any atom is 0.314 e. The van der Waals surface area contributed by atoms with Crippen LogP contribution < -0.4 is 11.1 Å². The van der Waals surface area contributed by atoms with Gasteiger partial charge in [-0.2, -0.15) is 0 Å². The standard InChI is InChI=1S/C15H17N3O3/c1-9-3-2-6-18(8-9)15(21)10-4-5-11-12(7-10)17-14(20)13(19)16-11/h4-5,7,9H,2-3,6,8H2,1H3,(H,16,19)(H,17,20). The predicted octanol–water partition coefficient (Wildman–Crippen LogP) is 1.09. The molecule has 1 saturated heterocycles. The largest absolute Gasteiger partial charge is 0.338 e. The molecule has 21 heavy (non-hydrogen) atoms. The van der Waals surface area contributed by atoms with E-state index >= 15 is 0 Å². The molecule has 0 radical (unpaired) electrons. The van der Waals surface area contributed by atoms with Crippen molar-refractivity contribution in [3.8, 4) is 0 Å². The monoisotopic (exact) mass is 287 g/mol. The Morgan fingerprint density at radius 2 is 1.90 bits per heavy atom. The minimum Gasteiger partial charge on any atom is -0.338 e. The lowest BCUT2D eigenvalue weighted by atomic mass is 9.99. The van der Waals surface area contributed by atoms with Crippen LogP contribution in [0.5, 0.6) is 0 Å². The highest BCUT2D eigenvalue weighted by atomic mass is 16.2. The van der Waals surface area contributed by atoms with Gasteiger partial charge in [0.05, 0.1) is 11.0 Å². The molecule has 1 fully saturated rings. The Bertz CT molecular complexity index is 806. The fraction of sp³-hybridized carbons (Fsp3) is 0.400. The third kappa shape index (κ3) is 2.61. The molecular weight excluding hydrogens is 270 g/mol. The van der Waals surface area contributed by atoms with Crippen LogP contribution in [0.25, 0.3) is 11.0 Å². The van der Waals surface area contributed by atoms with Crippen molar-refractivity contribution < 1.29 is 4.79 Å². The molecule has 1 aliphatic rings. The number of nitrogens with one attached hydrogen (secondary N) is 2. The number of piperidine rings is 1. The molecule has 0 saturated carbocycles. The van der Waals surface area contributed by atoms with Crippen molar-refractivity contribution in [3.05, 3.63) is 44.5 Å². The number of benzene rings is 1. The van der Waals surface area contributed by atoms with Crippen molar-refractivity contribution in [1.29, 1.82) is 0 Å². The molecule has 1 amide bonds. The van der Waals surface area contributed by atoms with Crippen molar-refractivity contribution in [1.82, 2.24) is 14.9 Å². The van der Waals surface area contributed by atoms with Gasteiger partial charge in [0.1, 0.15) is 0 Å². The first-order valence-electron chi connectivity index (χ1n) is 7.10. The molecule has 6 nitrogen and oxygen atoms in total. The Morgan fingerprint density at radius 1 is 1.19 bits per heavy atom. The van der Waals surface area contributed by atoms with Crippen molar-refractivity contribution in [2.75, 3.05) is 13.1 Å². The van der Waals surface area contributed by atoms with Gasteiger partial charge in [0.2, 0.25) is 0 Å². The van der Waals surface area contributed by atoms with Crippen molar-refractivity contribution in [2.45, 2.75) is 19.8 Å². The fourth-order valence-corrected chi connectivity index (χ4v) is 2.80. The highest BCUT2D eigenvalue weighted by Gasteiger charge is 2.22. The maximum atomic E-state index is 12.5. The number of carbonyl (C=O) groups is 1. The van der Waals surface area contributed by atoms with E-state index in [1.54, 1.807) is 18.2 Å². The molecular formula is C15H17N3O3. The Kier molecular flexibility index (Phi) is 3.37. The highest BCUT2D eigenvalue weighted by Crippen LogP contribution is 2.19. The fourth-order valence-electron chi connectivity index (χ4n) is 2.80. The van der Waals surface area contributed by atoms with Crippen molar-refractivity contribution >= 4 is 16.9 Å². The van der Waals surface area contributed by atoms with Crippen molar-refractivity contribution in [2.24, 2.45) is 5.92 Å². The van der Waals surface area contributed by atoms with Crippen LogP contribution in [0.4, 0.5) is 0 Å². The first kappa shape index (κ1) is 13.6. The molecule has 2 heterocycles. The Labute approximate surface area is 120 Å². The number of fused-ring (bicyclic) bond motifs is 1. The van der Waals surface area contributed by atoms with E-state index in [-0.39, 0.29) is 5.91 Å². The zero-order valence-corrected chi connectivity index (χ0v) is 11.8. The minimum absolute atomic E-state index is 0.0319. The van der Waals surface area contributed by atoms with Gasteiger partial charge in [-0.15, -0.1) is 0 Å². The molecule has 1 aliphatic heterocycles. The molecule has 110 valence electrons. The van der Waals surface area contributed by atoms with E-state index in [0.29, 0.717) is 22.5 Å². The lowest BCUT2D eigenvalue weighted by molar-refractivity contribution is 0.0683. The van der Waals surface area contributed by atoms with E-state index < -0.39 is 11.1 Å². The summed E-state index contributed by atoms with van der Waals surface area (Å²) in [5.74, 6) is 0.481. The summed E-state index contributed by atoms with van der Waals surface area (Å²) < 4.78 is 0. The minimum atomic E-state index is -0.710. The summed E-state index contributed by atoms with van der Waals surface area (Å²) in [6.07, 6.45) is 2.17. The van der Waals surface area contributed by atoms with Gasteiger partial charge in [0, 0.05) is 18.7 Å². The average Bonchev–Trinajstić information content (AvgIpc) is 2.47. The normalized spacial score (nSPS) is 18.9. The number of aromatic amines is 2. The Hall–Kier alpha value is -2.37. The molecule has 6 heteroatoms. The van der Waals surface area contributed by atoms with Gasteiger partial charge in [-0.25, -0.2) is 0 Å². The number of hydrogen-bond donors (Lipinski definition) is 2. The zero-order valence-electron chi connectivity index (χ0n) is 11.8. The van der Waals surface area contributed by atoms with E-state index in [0.717, 1.165) is 25.9 Å². The molecule has 0 bridgehead atoms. The molecule has 2 aromatic rings. The lowest BCUT2D eigenvalue weighted by Crippen LogP contribution is -2.39. The molecule has 2 N–H and O–H groups in total. The van der Waals surface area contributed by atoms with Crippen LogP contribution in [0.3, 0.4) is 0 Å². The van der Waals surface area contributed by atoms with Gasteiger partial charge in [-0.1, -0.05) is 6.92 Å². The number of likely N-dealkylation sites (tertiary alicyclic amines) is 1. The number of hydrogen-bond acceptors (Lipinski definition) is 3. The van der Waals surface area contributed by atoms with Gasteiger partial charge >= 0.3 is 11.1 Å². The number of carbonyl (C=O) groups excluding carboxylic acids is 1. The molecule has 1 aromatic carbocycles. The molecule has 1 aromatic heterocycles. The SMILES string of the molecule is CC1CCCN(C(=O)c2ccc3[nH]c(=O)c(=O)[nH]c3c2)C1. The van der Waals surface area contributed by atoms with Crippen LogP contribution in [0.1, 0.15) is 30.1 Å². The van der Waals surface area contributed by atoms with E-state index in [4.69, 9.17) is 0 Å². The number of nitrogens with zero attached hydrogens (tertiary/aromatic N) is 1. The second kappa shape index (κ2) is 5.20. The Balaban J connectivity index is 1.97. The van der Waals surface area contributed by atoms with E-state index in [1.807, 2.05) is 4.90 Å². The molecule has 1 unspecified atom stereocenters. The highest BCUT2D eigenvalue weighted by molar-refractivity contribution is 5.97. The van der Waals surface area contributed by atoms with E-state index in [9.17, 15) is 14.4 Å². The van der Waals surface area contributed by atoms with Crippen LogP contribution >= 0.6 is 0 Å². The summed E-state index contributed by atoms with van der Waals surface area (Å²) in [7, 11) is 0. The maximum absolute atomic E-state index is 12.5. The second-order valence-corrected chi connectivity index (χ2v) is 5.67. The van der Waals surface area contributed by atoms with Crippen molar-refractivity contribution in [3.63, 3.8) is 0 Å². The first-order valence-corrected chi connectivity index (χ1v) is 7.10. The molecule has 0 spiro atoms. The predicted molar refractivity (Wildman–Crippen MR) is 79.5 cm³/mol. The summed E-state index contributed by atoms with van der Waals surface area (Å²) in [4.78, 5) is 42.0. The molecule has 3 rings (SSSR count). The van der Waals surface area contributed by atoms with Crippen LogP contribution in [0, 0.1) is 5.92 Å². The lowest BCUT2D eigenvalue weighted by Gasteiger charge is -2.31. The zero-order chi connectivity index (χ0) is 15.0. The van der Waals surface area contributed by atoms with Crippen LogP contribution in [-0.2, 0) is 0 Å². The van der Waals surface area contributed by atoms with Gasteiger partial charge in [-0.05, 0) is 37.0 Å². The third-order valence-electron chi connectivity index (χ3n) is 3.91. The topological polar surface area (TPSA) is 86.0 Å². The van der Waals surface area contributed by atoms with Gasteiger partial charge in [0.25, 0.3) is 5.91 Å². The van der Waals surface area contributed by atoms with Crippen LogP contribution in [0.2, 0.25) is 0 Å². The summed E-state index contributed by atoms with van der Waals surface area (Å²) in [5, 5.41) is 0. The Morgan fingerprint density at radius 3 is 2.62 bits per heavy atom. The second-order valence-electron chi connectivity index (χ2n) is 5.67. The third-order valence-corrected chi connectivity index (χ3v) is 3.91. The summed E-state index contributed by atoms with van der Waals surface area (Å²) in [6.45, 7) is 3.67. The summed E-state index contributed by atoms with van der Waals surface area (Å²) in [6, 6.07) is 4.94. The van der Waals surface area contributed by atoms with E-state index in [1.165, 1.54) is 0 Å². The van der Waals surface area contributed by atoms with Gasteiger partial charge in [0.15, 0.2) is 0 Å². The van der Waals surface area contributed by atoms with Crippen LogP contribution in [-0.4, -0.2) is 33.9 Å². The molecule has 0 aliphatic carbocycles. The van der Waals surface area contributed by atoms with Gasteiger partial charge < -0.3 is 14.9 Å². The smallest absolute Gasteiger partial charge is 0.314 e. The summed E-state index contributed by atoms with van der Waals surface area (Å²) >= 11 is 0. The first-order chi connectivity index (χ1) is 10.0.